The summed E-state index contributed by atoms with van der Waals surface area (Å²) < 4.78 is 0. The summed E-state index contributed by atoms with van der Waals surface area (Å²) in [5, 5.41) is 3.13. The van der Waals surface area contributed by atoms with Crippen LogP contribution in [-0.4, -0.2) is 46.4 Å². The van der Waals surface area contributed by atoms with Crippen LogP contribution in [-0.2, 0) is 23.2 Å². The van der Waals surface area contributed by atoms with Gasteiger partial charge in [-0.1, -0.05) is 51.1 Å². The van der Waals surface area contributed by atoms with Crippen molar-refractivity contribution < 1.29 is 4.79 Å². The first-order chi connectivity index (χ1) is 12.3. The van der Waals surface area contributed by atoms with E-state index in [-0.39, 0.29) is 17.4 Å². The highest BCUT2D eigenvalue weighted by Crippen LogP contribution is 2.26. The van der Waals surface area contributed by atoms with Crippen molar-refractivity contribution in [2.75, 3.05) is 19.6 Å². The molecule has 1 saturated heterocycles. The normalized spacial score (nSPS) is 18.9. The number of benzene rings is 1. The molecule has 1 aromatic heterocycles. The lowest BCUT2D eigenvalue weighted by Crippen LogP contribution is -2.54. The van der Waals surface area contributed by atoms with E-state index in [1.165, 1.54) is 5.56 Å². The Hall–Kier alpha value is -1.72. The van der Waals surface area contributed by atoms with Gasteiger partial charge in [0.2, 0.25) is 5.91 Å². The predicted molar refractivity (Wildman–Crippen MR) is 107 cm³/mol. The van der Waals surface area contributed by atoms with E-state index in [1.807, 2.05) is 16.3 Å². The molecular formula is C21H29N3OS. The number of rotatable bonds is 4. The minimum Gasteiger partial charge on any atom is -0.337 e. The number of carbonyl (C=O) groups excluding carboxylic acids is 1. The third-order valence-corrected chi connectivity index (χ3v) is 6.12. The molecule has 4 nitrogen and oxygen atoms in total. The van der Waals surface area contributed by atoms with Crippen molar-refractivity contribution >= 4 is 17.2 Å². The molecule has 1 aliphatic rings. The standard InChI is InChI=1S/C21H29N3OS/c1-16-13-23(14-17-8-6-5-7-9-17)10-11-24(16)19(25)12-18-15-26-20(22-18)21(2,3)4/h5-9,15-16H,10-14H2,1-4H3. The van der Waals surface area contributed by atoms with Crippen molar-refractivity contribution in [3.05, 3.63) is 52.0 Å². The minimum absolute atomic E-state index is 0.0440. The quantitative estimate of drug-likeness (QED) is 0.822. The minimum atomic E-state index is 0.0440. The van der Waals surface area contributed by atoms with E-state index in [4.69, 9.17) is 0 Å². The van der Waals surface area contributed by atoms with E-state index in [2.05, 4.69) is 61.8 Å². The molecule has 1 aromatic carbocycles. The van der Waals surface area contributed by atoms with Gasteiger partial charge >= 0.3 is 0 Å². The molecule has 3 rings (SSSR count). The third kappa shape index (κ3) is 4.71. The topological polar surface area (TPSA) is 36.4 Å². The average molecular weight is 372 g/mol. The molecule has 0 spiro atoms. The van der Waals surface area contributed by atoms with Crippen molar-refractivity contribution in [2.45, 2.75) is 52.1 Å². The Morgan fingerprint density at radius 2 is 1.96 bits per heavy atom. The van der Waals surface area contributed by atoms with Crippen LogP contribution >= 0.6 is 11.3 Å². The van der Waals surface area contributed by atoms with E-state index in [9.17, 15) is 4.79 Å². The maximum Gasteiger partial charge on any atom is 0.228 e. The summed E-state index contributed by atoms with van der Waals surface area (Å²) in [4.78, 5) is 21.9. The summed E-state index contributed by atoms with van der Waals surface area (Å²) in [5.74, 6) is 0.197. The fraction of sp³-hybridized carbons (Fsp3) is 0.524. The van der Waals surface area contributed by atoms with Gasteiger partial charge in [-0.15, -0.1) is 11.3 Å². The highest BCUT2D eigenvalue weighted by atomic mass is 32.1. The predicted octanol–water partition coefficient (Wildman–Crippen LogP) is 3.72. The van der Waals surface area contributed by atoms with Gasteiger partial charge in [-0.25, -0.2) is 4.98 Å². The maximum atomic E-state index is 12.8. The average Bonchev–Trinajstić information content (AvgIpc) is 3.04. The van der Waals surface area contributed by atoms with Crippen LogP contribution in [0, 0.1) is 0 Å². The van der Waals surface area contributed by atoms with Crippen molar-refractivity contribution in [3.8, 4) is 0 Å². The van der Waals surface area contributed by atoms with Gasteiger partial charge in [0.05, 0.1) is 17.1 Å². The molecule has 0 saturated carbocycles. The molecule has 0 bridgehead atoms. The SMILES string of the molecule is CC1CN(Cc2ccccc2)CCN1C(=O)Cc1csc(C(C)(C)C)n1. The van der Waals surface area contributed by atoms with Gasteiger partial charge in [0, 0.05) is 43.0 Å². The van der Waals surface area contributed by atoms with Crippen LogP contribution in [0.4, 0.5) is 0 Å². The monoisotopic (exact) mass is 371 g/mol. The zero-order valence-electron chi connectivity index (χ0n) is 16.2. The number of amides is 1. The molecule has 1 aliphatic heterocycles. The van der Waals surface area contributed by atoms with Gasteiger partial charge in [0.15, 0.2) is 0 Å². The van der Waals surface area contributed by atoms with Gasteiger partial charge in [-0.2, -0.15) is 0 Å². The van der Waals surface area contributed by atoms with Crippen LogP contribution < -0.4 is 0 Å². The number of carbonyl (C=O) groups is 1. The van der Waals surface area contributed by atoms with Crippen molar-refractivity contribution in [1.29, 1.82) is 0 Å². The van der Waals surface area contributed by atoms with Gasteiger partial charge in [0.25, 0.3) is 0 Å². The van der Waals surface area contributed by atoms with Crippen molar-refractivity contribution in [2.24, 2.45) is 0 Å². The van der Waals surface area contributed by atoms with E-state index < -0.39 is 0 Å². The summed E-state index contributed by atoms with van der Waals surface area (Å²) in [7, 11) is 0. The summed E-state index contributed by atoms with van der Waals surface area (Å²) in [6, 6.07) is 10.8. The molecule has 0 aliphatic carbocycles. The second-order valence-electron chi connectivity index (χ2n) is 8.23. The summed E-state index contributed by atoms with van der Waals surface area (Å²) >= 11 is 1.66. The lowest BCUT2D eigenvalue weighted by Gasteiger charge is -2.40. The molecule has 1 atom stereocenters. The molecule has 2 aromatic rings. The van der Waals surface area contributed by atoms with E-state index in [0.717, 1.165) is 36.9 Å². The molecular weight excluding hydrogens is 342 g/mol. The van der Waals surface area contributed by atoms with Crippen LogP contribution in [0.1, 0.15) is 44.0 Å². The van der Waals surface area contributed by atoms with Crippen molar-refractivity contribution in [3.63, 3.8) is 0 Å². The molecule has 0 N–H and O–H groups in total. The van der Waals surface area contributed by atoms with E-state index in [1.54, 1.807) is 11.3 Å². The second kappa shape index (κ2) is 7.89. The third-order valence-electron chi connectivity index (χ3n) is 4.81. The van der Waals surface area contributed by atoms with Crippen LogP contribution in [0.15, 0.2) is 35.7 Å². The second-order valence-corrected chi connectivity index (χ2v) is 9.09. The number of piperazine rings is 1. The first-order valence-corrected chi connectivity index (χ1v) is 10.2. The molecule has 2 heterocycles. The first kappa shape index (κ1) is 19.1. The Morgan fingerprint density at radius 3 is 2.58 bits per heavy atom. The maximum absolute atomic E-state index is 12.8. The van der Waals surface area contributed by atoms with Crippen LogP contribution in [0.3, 0.4) is 0 Å². The lowest BCUT2D eigenvalue weighted by atomic mass is 9.98. The molecule has 26 heavy (non-hydrogen) atoms. The van der Waals surface area contributed by atoms with Gasteiger partial charge in [-0.05, 0) is 12.5 Å². The number of hydrogen-bond donors (Lipinski definition) is 0. The highest BCUT2D eigenvalue weighted by Gasteiger charge is 2.28. The van der Waals surface area contributed by atoms with Gasteiger partial charge in [0.1, 0.15) is 0 Å². The Bertz CT molecular complexity index is 735. The fourth-order valence-electron chi connectivity index (χ4n) is 3.38. The number of aromatic nitrogens is 1. The summed E-state index contributed by atoms with van der Waals surface area (Å²) in [6.07, 6.45) is 0.412. The number of thiazole rings is 1. The molecule has 1 fully saturated rings. The Balaban J connectivity index is 1.55. The largest absolute Gasteiger partial charge is 0.337 e. The lowest BCUT2D eigenvalue weighted by molar-refractivity contribution is -0.135. The molecule has 0 radical (unpaired) electrons. The highest BCUT2D eigenvalue weighted by molar-refractivity contribution is 7.09. The van der Waals surface area contributed by atoms with E-state index >= 15 is 0 Å². The zero-order valence-corrected chi connectivity index (χ0v) is 17.1. The summed E-state index contributed by atoms with van der Waals surface area (Å²) in [5.41, 5.74) is 2.28. The molecule has 140 valence electrons. The Morgan fingerprint density at radius 1 is 1.23 bits per heavy atom. The van der Waals surface area contributed by atoms with E-state index in [0.29, 0.717) is 6.42 Å². The zero-order chi connectivity index (χ0) is 18.7. The number of nitrogens with zero attached hydrogens (tertiary/aromatic N) is 3. The van der Waals surface area contributed by atoms with Crippen LogP contribution in [0.25, 0.3) is 0 Å². The smallest absolute Gasteiger partial charge is 0.228 e. The molecule has 1 amide bonds. The summed E-state index contributed by atoms with van der Waals surface area (Å²) in [6.45, 7) is 12.2. The first-order valence-electron chi connectivity index (χ1n) is 9.33. The van der Waals surface area contributed by atoms with Crippen LogP contribution in [0.2, 0.25) is 0 Å². The fourth-order valence-corrected chi connectivity index (χ4v) is 4.29. The molecule has 5 heteroatoms. The van der Waals surface area contributed by atoms with Gasteiger partial charge < -0.3 is 4.90 Å². The number of hydrogen-bond acceptors (Lipinski definition) is 4. The van der Waals surface area contributed by atoms with Gasteiger partial charge in [-0.3, -0.25) is 9.69 Å². The Kier molecular flexibility index (Phi) is 5.78. The molecule has 1 unspecified atom stereocenters. The Labute approximate surface area is 160 Å². The van der Waals surface area contributed by atoms with Crippen LogP contribution in [0.5, 0.6) is 0 Å². The van der Waals surface area contributed by atoms with Crippen molar-refractivity contribution in [1.82, 2.24) is 14.8 Å².